The Labute approximate surface area is 114 Å². The van der Waals surface area contributed by atoms with Crippen LogP contribution < -0.4 is 0 Å². The molecule has 2 aliphatic heterocycles. The molecular formula is C10H19ClN2O4S. The van der Waals surface area contributed by atoms with Crippen LogP contribution in [0.15, 0.2) is 0 Å². The summed E-state index contributed by atoms with van der Waals surface area (Å²) in [5.74, 6) is -1.45. The maximum absolute atomic E-state index is 12.2. The van der Waals surface area contributed by atoms with Crippen molar-refractivity contribution in [1.82, 2.24) is 8.61 Å². The fourth-order valence-corrected chi connectivity index (χ4v) is 4.15. The Kier molecular flexibility index (Phi) is 5.39. The van der Waals surface area contributed by atoms with Gasteiger partial charge in [-0.3, -0.25) is 4.79 Å². The first-order valence-electron chi connectivity index (χ1n) is 6.00. The minimum Gasteiger partial charge on any atom is -0.481 e. The van der Waals surface area contributed by atoms with Crippen LogP contribution in [-0.4, -0.2) is 54.3 Å². The lowest BCUT2D eigenvalue weighted by molar-refractivity contribution is -0.141. The van der Waals surface area contributed by atoms with Gasteiger partial charge in [-0.2, -0.15) is 17.0 Å². The normalized spacial score (nSPS) is 26.8. The highest BCUT2D eigenvalue weighted by atomic mass is 35.5. The van der Waals surface area contributed by atoms with E-state index in [-0.39, 0.29) is 19.0 Å². The molecule has 0 bridgehead atoms. The number of piperidine rings is 1. The number of carboxylic acids is 1. The van der Waals surface area contributed by atoms with Crippen molar-refractivity contribution in [1.29, 1.82) is 0 Å². The number of rotatable bonds is 3. The standard InChI is InChI=1S/C10H18N2O4S.ClH/c13-10(14)9-4-7-12(8-9)17(15,16)11-5-2-1-3-6-11;/h9H,1-8H2,(H,13,14);1H. The van der Waals surface area contributed by atoms with Gasteiger partial charge in [0.1, 0.15) is 0 Å². The molecule has 1 N–H and O–H groups in total. The molecule has 18 heavy (non-hydrogen) atoms. The minimum absolute atomic E-state index is 0. The highest BCUT2D eigenvalue weighted by molar-refractivity contribution is 7.86. The van der Waals surface area contributed by atoms with Gasteiger partial charge in [0, 0.05) is 26.2 Å². The summed E-state index contributed by atoms with van der Waals surface area (Å²) < 4.78 is 27.2. The second-order valence-electron chi connectivity index (χ2n) is 4.65. The zero-order valence-corrected chi connectivity index (χ0v) is 11.8. The summed E-state index contributed by atoms with van der Waals surface area (Å²) in [7, 11) is -3.42. The van der Waals surface area contributed by atoms with Gasteiger partial charge < -0.3 is 5.11 Å². The Morgan fingerprint density at radius 1 is 1.06 bits per heavy atom. The van der Waals surface area contributed by atoms with E-state index in [4.69, 9.17) is 5.11 Å². The third-order valence-electron chi connectivity index (χ3n) is 3.47. The molecule has 1 atom stereocenters. The number of halogens is 1. The van der Waals surface area contributed by atoms with Crippen molar-refractivity contribution in [2.75, 3.05) is 26.2 Å². The first kappa shape index (κ1) is 15.7. The number of hydrogen-bond acceptors (Lipinski definition) is 3. The molecule has 0 aromatic heterocycles. The molecule has 0 aromatic carbocycles. The Balaban J connectivity index is 0.00000162. The molecule has 0 radical (unpaired) electrons. The van der Waals surface area contributed by atoms with Crippen molar-refractivity contribution in [3.63, 3.8) is 0 Å². The van der Waals surface area contributed by atoms with Gasteiger partial charge in [0.25, 0.3) is 10.2 Å². The molecule has 0 spiro atoms. The lowest BCUT2D eigenvalue weighted by atomic mass is 10.1. The average Bonchev–Trinajstić information content (AvgIpc) is 2.80. The molecule has 2 rings (SSSR count). The molecule has 2 fully saturated rings. The second kappa shape index (κ2) is 6.18. The van der Waals surface area contributed by atoms with E-state index in [1.54, 1.807) is 0 Å². The van der Waals surface area contributed by atoms with Crippen LogP contribution in [0.4, 0.5) is 0 Å². The first-order valence-corrected chi connectivity index (χ1v) is 7.39. The minimum atomic E-state index is -3.42. The van der Waals surface area contributed by atoms with E-state index in [1.165, 1.54) is 8.61 Å². The number of hydrogen-bond donors (Lipinski definition) is 1. The van der Waals surface area contributed by atoms with Gasteiger partial charge in [0.05, 0.1) is 5.92 Å². The Hall–Kier alpha value is -0.370. The van der Waals surface area contributed by atoms with Gasteiger partial charge >= 0.3 is 5.97 Å². The van der Waals surface area contributed by atoms with Crippen molar-refractivity contribution < 1.29 is 18.3 Å². The van der Waals surface area contributed by atoms with Crippen LogP contribution in [0.5, 0.6) is 0 Å². The number of nitrogens with zero attached hydrogens (tertiary/aromatic N) is 2. The molecule has 2 heterocycles. The molecule has 6 nitrogen and oxygen atoms in total. The number of carbonyl (C=O) groups is 1. The SMILES string of the molecule is Cl.O=C(O)C1CCN(S(=O)(=O)N2CCCCC2)C1. The topological polar surface area (TPSA) is 77.9 Å². The maximum Gasteiger partial charge on any atom is 0.307 e. The van der Waals surface area contributed by atoms with E-state index in [2.05, 4.69) is 0 Å². The third-order valence-corrected chi connectivity index (χ3v) is 5.47. The van der Waals surface area contributed by atoms with Crippen molar-refractivity contribution in [2.24, 2.45) is 5.92 Å². The summed E-state index contributed by atoms with van der Waals surface area (Å²) in [5.41, 5.74) is 0. The van der Waals surface area contributed by atoms with E-state index in [0.29, 0.717) is 26.1 Å². The smallest absolute Gasteiger partial charge is 0.307 e. The Morgan fingerprint density at radius 3 is 2.17 bits per heavy atom. The maximum atomic E-state index is 12.2. The predicted octanol–water partition coefficient (Wildman–Crippen LogP) is 0.545. The third kappa shape index (κ3) is 3.14. The average molecular weight is 299 g/mol. The molecule has 8 heteroatoms. The van der Waals surface area contributed by atoms with E-state index in [0.717, 1.165) is 19.3 Å². The van der Waals surface area contributed by atoms with Gasteiger partial charge in [-0.05, 0) is 19.3 Å². The molecule has 0 aliphatic carbocycles. The second-order valence-corrected chi connectivity index (χ2v) is 6.58. The van der Waals surface area contributed by atoms with E-state index in [1.807, 2.05) is 0 Å². The van der Waals surface area contributed by atoms with Crippen molar-refractivity contribution in [3.8, 4) is 0 Å². The van der Waals surface area contributed by atoms with E-state index < -0.39 is 22.1 Å². The lowest BCUT2D eigenvalue weighted by Crippen LogP contribution is -2.45. The van der Waals surface area contributed by atoms with Crippen LogP contribution in [0.25, 0.3) is 0 Å². The van der Waals surface area contributed by atoms with Crippen molar-refractivity contribution in [2.45, 2.75) is 25.7 Å². The molecule has 106 valence electrons. The highest BCUT2D eigenvalue weighted by Gasteiger charge is 2.38. The number of aliphatic carboxylic acids is 1. The molecule has 1 unspecified atom stereocenters. The summed E-state index contributed by atoms with van der Waals surface area (Å²) in [6.07, 6.45) is 3.29. The molecule has 0 amide bonds. The first-order chi connectivity index (χ1) is 8.01. The highest BCUT2D eigenvalue weighted by Crippen LogP contribution is 2.23. The fraction of sp³-hybridized carbons (Fsp3) is 0.900. The summed E-state index contributed by atoms with van der Waals surface area (Å²) in [6.45, 7) is 1.58. The van der Waals surface area contributed by atoms with E-state index in [9.17, 15) is 13.2 Å². The van der Waals surface area contributed by atoms with Crippen molar-refractivity contribution >= 4 is 28.6 Å². The van der Waals surface area contributed by atoms with Crippen molar-refractivity contribution in [3.05, 3.63) is 0 Å². The van der Waals surface area contributed by atoms with Crippen LogP contribution in [0.1, 0.15) is 25.7 Å². The Morgan fingerprint density at radius 2 is 1.67 bits per heavy atom. The quantitative estimate of drug-likeness (QED) is 0.825. The van der Waals surface area contributed by atoms with Gasteiger partial charge in [-0.25, -0.2) is 0 Å². The zero-order valence-electron chi connectivity index (χ0n) is 10.1. The summed E-state index contributed by atoms with van der Waals surface area (Å²) in [4.78, 5) is 10.8. The van der Waals surface area contributed by atoms with Gasteiger partial charge in [0.15, 0.2) is 0 Å². The van der Waals surface area contributed by atoms with Crippen LogP contribution in [0, 0.1) is 5.92 Å². The van der Waals surface area contributed by atoms with Crippen LogP contribution in [-0.2, 0) is 15.0 Å². The summed E-state index contributed by atoms with van der Waals surface area (Å²) in [5, 5.41) is 8.87. The lowest BCUT2D eigenvalue weighted by Gasteiger charge is -2.29. The summed E-state index contributed by atoms with van der Waals surface area (Å²) in [6, 6.07) is 0. The predicted molar refractivity (Wildman–Crippen MR) is 68.9 cm³/mol. The van der Waals surface area contributed by atoms with Crippen LogP contribution in [0.3, 0.4) is 0 Å². The monoisotopic (exact) mass is 298 g/mol. The number of carboxylic acid groups (broad SMARTS) is 1. The van der Waals surface area contributed by atoms with Gasteiger partial charge in [-0.1, -0.05) is 6.42 Å². The van der Waals surface area contributed by atoms with Crippen LogP contribution in [0.2, 0.25) is 0 Å². The van der Waals surface area contributed by atoms with Crippen LogP contribution >= 0.6 is 12.4 Å². The van der Waals surface area contributed by atoms with Gasteiger partial charge in [-0.15, -0.1) is 12.4 Å². The molecule has 2 saturated heterocycles. The molecule has 0 saturated carbocycles. The van der Waals surface area contributed by atoms with Gasteiger partial charge in [0.2, 0.25) is 0 Å². The Bertz CT molecular complexity index is 395. The molecular weight excluding hydrogens is 280 g/mol. The molecule has 2 aliphatic rings. The van der Waals surface area contributed by atoms with E-state index >= 15 is 0 Å². The fourth-order valence-electron chi connectivity index (χ4n) is 2.40. The molecule has 0 aromatic rings. The zero-order chi connectivity index (χ0) is 12.5. The summed E-state index contributed by atoms with van der Waals surface area (Å²) >= 11 is 0. The largest absolute Gasteiger partial charge is 0.481 e.